The van der Waals surface area contributed by atoms with Gasteiger partial charge in [0.25, 0.3) is 10.0 Å². The molecule has 0 bridgehead atoms. The Morgan fingerprint density at radius 1 is 1.06 bits per heavy atom. The van der Waals surface area contributed by atoms with Crippen LogP contribution >= 0.6 is 0 Å². The molecule has 0 saturated heterocycles. The third-order valence-corrected chi connectivity index (χ3v) is 7.27. The summed E-state index contributed by atoms with van der Waals surface area (Å²) < 4.78 is 27.4. The number of nitrogens with zero attached hydrogens (tertiary/aromatic N) is 1. The molecule has 1 amide bonds. The normalized spacial score (nSPS) is 16.9. The molecule has 9 nitrogen and oxygen atoms in total. The van der Waals surface area contributed by atoms with E-state index in [-0.39, 0.29) is 23.2 Å². The van der Waals surface area contributed by atoms with Gasteiger partial charge in [-0.2, -0.15) is 0 Å². The smallest absolute Gasteiger partial charge is 0.404 e. The molecule has 1 fully saturated rings. The number of aromatic hydroxyl groups is 1. The number of hydroxylamine groups is 1. The van der Waals surface area contributed by atoms with E-state index in [0.717, 1.165) is 29.3 Å². The van der Waals surface area contributed by atoms with Crippen LogP contribution in [0.3, 0.4) is 0 Å². The summed E-state index contributed by atoms with van der Waals surface area (Å²) in [5.74, 6) is -0.0812. The molecule has 3 rings (SSSR count). The summed E-state index contributed by atoms with van der Waals surface area (Å²) in [4.78, 5) is 17.1. The number of carbonyl (C=O) groups is 1. The van der Waals surface area contributed by atoms with Crippen molar-refractivity contribution in [1.29, 1.82) is 0 Å². The number of benzene rings is 2. The minimum atomic E-state index is -4.18. The first-order chi connectivity index (χ1) is 15.8. The molecule has 0 radical (unpaired) electrons. The summed E-state index contributed by atoms with van der Waals surface area (Å²) >= 11 is 0. The first-order valence-electron chi connectivity index (χ1n) is 11.0. The zero-order valence-electron chi connectivity index (χ0n) is 18.2. The zero-order valence-corrected chi connectivity index (χ0v) is 19.0. The van der Waals surface area contributed by atoms with Gasteiger partial charge in [0.1, 0.15) is 5.75 Å². The first kappa shape index (κ1) is 25.0. The van der Waals surface area contributed by atoms with Crippen LogP contribution in [0.4, 0.5) is 4.79 Å². The number of hydrogen-bond donors (Lipinski definition) is 4. The fraction of sp³-hybridized carbons (Fsp3) is 0.435. The van der Waals surface area contributed by atoms with Gasteiger partial charge < -0.3 is 20.6 Å². The fourth-order valence-electron chi connectivity index (χ4n) is 3.86. The van der Waals surface area contributed by atoms with E-state index in [4.69, 9.17) is 4.84 Å². The Morgan fingerprint density at radius 2 is 1.70 bits per heavy atom. The van der Waals surface area contributed by atoms with Gasteiger partial charge in [0, 0.05) is 0 Å². The lowest BCUT2D eigenvalue weighted by Gasteiger charge is -2.32. The summed E-state index contributed by atoms with van der Waals surface area (Å²) in [6.45, 7) is -0.461. The van der Waals surface area contributed by atoms with Crippen LogP contribution in [0, 0.1) is 0 Å². The molecule has 1 aliphatic carbocycles. The highest BCUT2D eigenvalue weighted by Crippen LogP contribution is 2.26. The number of phenols is 1. The second-order valence-electron chi connectivity index (χ2n) is 8.16. The van der Waals surface area contributed by atoms with Crippen molar-refractivity contribution in [1.82, 2.24) is 9.79 Å². The molecular weight excluding hydrogens is 448 g/mol. The lowest BCUT2D eigenvalue weighted by Crippen LogP contribution is -2.50. The number of phenolic OH excluding ortho intramolecular Hbond substituents is 1. The second-order valence-corrected chi connectivity index (χ2v) is 9.99. The maximum Gasteiger partial charge on any atom is 0.404 e. The standard InChI is InChI=1S/C23H30N2O7S/c26-18-11-13-20(14-12-18)33(30,31)25(32-19-9-5-2-6-10-19)16-22(27)21(24-23(28)29)15-17-7-3-1-4-8-17/h1,3-4,7-8,11-14,19,21-22,24,26-27H,2,5-6,9-10,15-16H2,(H,28,29)/t21-,22-/m0/s1. The van der Waals surface area contributed by atoms with E-state index in [2.05, 4.69) is 5.32 Å². The molecule has 0 spiro atoms. The Labute approximate surface area is 193 Å². The molecule has 2 aromatic rings. The predicted octanol–water partition coefficient (Wildman–Crippen LogP) is 2.89. The average molecular weight is 479 g/mol. The highest BCUT2D eigenvalue weighted by molar-refractivity contribution is 7.89. The van der Waals surface area contributed by atoms with Crippen LogP contribution in [0.25, 0.3) is 0 Å². The monoisotopic (exact) mass is 478 g/mol. The van der Waals surface area contributed by atoms with E-state index in [1.165, 1.54) is 24.3 Å². The highest BCUT2D eigenvalue weighted by Gasteiger charge is 2.34. The van der Waals surface area contributed by atoms with Gasteiger partial charge in [0.2, 0.25) is 0 Å². The summed E-state index contributed by atoms with van der Waals surface area (Å²) in [5.41, 5.74) is 0.788. The number of hydrogen-bond acceptors (Lipinski definition) is 6. The van der Waals surface area contributed by atoms with Crippen LogP contribution in [0.1, 0.15) is 37.7 Å². The van der Waals surface area contributed by atoms with E-state index in [9.17, 15) is 28.5 Å². The van der Waals surface area contributed by atoms with Crippen LogP contribution in [0.2, 0.25) is 0 Å². The number of amides is 1. The minimum Gasteiger partial charge on any atom is -0.508 e. The Hall–Kier alpha value is -2.66. The molecule has 4 N–H and O–H groups in total. The molecule has 1 saturated carbocycles. The lowest BCUT2D eigenvalue weighted by molar-refractivity contribution is -0.156. The maximum atomic E-state index is 13.3. The van der Waals surface area contributed by atoms with Crippen molar-refractivity contribution in [3.63, 3.8) is 0 Å². The van der Waals surface area contributed by atoms with Crippen molar-refractivity contribution < 1.29 is 33.4 Å². The zero-order chi connectivity index (χ0) is 23.8. The lowest BCUT2D eigenvalue weighted by atomic mass is 9.98. The number of aliphatic hydroxyl groups is 1. The third-order valence-electron chi connectivity index (χ3n) is 5.63. The Bertz CT molecular complexity index is 993. The van der Waals surface area contributed by atoms with Crippen molar-refractivity contribution in [2.45, 2.75) is 61.7 Å². The fourth-order valence-corrected chi connectivity index (χ4v) is 5.16. The van der Waals surface area contributed by atoms with Crippen molar-refractivity contribution in [2.75, 3.05) is 6.54 Å². The Kier molecular flexibility index (Phi) is 8.67. The van der Waals surface area contributed by atoms with Crippen LogP contribution < -0.4 is 5.32 Å². The number of aliphatic hydroxyl groups excluding tert-OH is 1. The van der Waals surface area contributed by atoms with E-state index < -0.39 is 34.8 Å². The number of carboxylic acid groups (broad SMARTS) is 1. The van der Waals surface area contributed by atoms with Crippen molar-refractivity contribution >= 4 is 16.1 Å². The quantitative estimate of drug-likeness (QED) is 0.386. The topological polar surface area (TPSA) is 136 Å². The largest absolute Gasteiger partial charge is 0.508 e. The maximum absolute atomic E-state index is 13.3. The third kappa shape index (κ3) is 7.16. The molecule has 0 aromatic heterocycles. The van der Waals surface area contributed by atoms with Gasteiger partial charge in [-0.25, -0.2) is 13.2 Å². The van der Waals surface area contributed by atoms with Crippen LogP contribution in [-0.4, -0.2) is 59.1 Å². The molecule has 180 valence electrons. The number of sulfonamides is 1. The average Bonchev–Trinajstić information content (AvgIpc) is 2.79. The van der Waals surface area contributed by atoms with Gasteiger partial charge in [0.05, 0.1) is 29.7 Å². The molecule has 0 heterocycles. The van der Waals surface area contributed by atoms with Gasteiger partial charge >= 0.3 is 6.09 Å². The number of rotatable bonds is 10. The first-order valence-corrected chi connectivity index (χ1v) is 12.4. The Morgan fingerprint density at radius 3 is 2.30 bits per heavy atom. The van der Waals surface area contributed by atoms with Gasteiger partial charge in [-0.1, -0.05) is 54.1 Å². The molecule has 2 aromatic carbocycles. The van der Waals surface area contributed by atoms with Crippen molar-refractivity contribution in [3.05, 3.63) is 60.2 Å². The van der Waals surface area contributed by atoms with Crippen LogP contribution in [-0.2, 0) is 21.3 Å². The van der Waals surface area contributed by atoms with Crippen LogP contribution in [0.15, 0.2) is 59.5 Å². The molecule has 0 unspecified atom stereocenters. The SMILES string of the molecule is O=C(O)N[C@@H](Cc1ccccc1)[C@@H](O)CN(OC1CCCCC1)S(=O)(=O)c1ccc(O)cc1. The molecule has 33 heavy (non-hydrogen) atoms. The highest BCUT2D eigenvalue weighted by atomic mass is 32.2. The molecular formula is C23H30N2O7S. The van der Waals surface area contributed by atoms with Crippen molar-refractivity contribution in [3.8, 4) is 5.75 Å². The summed E-state index contributed by atoms with van der Waals surface area (Å²) in [6, 6.07) is 13.1. The van der Waals surface area contributed by atoms with Crippen LogP contribution in [0.5, 0.6) is 5.75 Å². The molecule has 10 heteroatoms. The molecule has 1 aliphatic rings. The van der Waals surface area contributed by atoms with E-state index in [1.54, 1.807) is 24.3 Å². The molecule has 2 atom stereocenters. The van der Waals surface area contributed by atoms with E-state index in [1.807, 2.05) is 6.07 Å². The van der Waals surface area contributed by atoms with E-state index >= 15 is 0 Å². The second kappa shape index (κ2) is 11.5. The van der Waals surface area contributed by atoms with Crippen molar-refractivity contribution in [2.24, 2.45) is 0 Å². The van der Waals surface area contributed by atoms with E-state index in [0.29, 0.717) is 12.8 Å². The molecule has 0 aliphatic heterocycles. The van der Waals surface area contributed by atoms with Gasteiger partial charge in [-0.3, -0.25) is 4.84 Å². The minimum absolute atomic E-state index is 0.0812. The summed E-state index contributed by atoms with van der Waals surface area (Å²) in [7, 11) is -4.18. The van der Waals surface area contributed by atoms with Gasteiger partial charge in [-0.15, -0.1) is 0 Å². The summed E-state index contributed by atoms with van der Waals surface area (Å²) in [5, 5.41) is 32.0. The number of nitrogens with one attached hydrogen (secondary N) is 1. The van der Waals surface area contributed by atoms with Gasteiger partial charge in [0.15, 0.2) is 0 Å². The predicted molar refractivity (Wildman–Crippen MR) is 121 cm³/mol. The summed E-state index contributed by atoms with van der Waals surface area (Å²) in [6.07, 6.45) is 1.41. The van der Waals surface area contributed by atoms with Gasteiger partial charge in [-0.05, 0) is 49.1 Å². The Balaban J connectivity index is 1.84.